The Morgan fingerprint density at radius 2 is 2.07 bits per heavy atom. The smallest absolute Gasteiger partial charge is 0.227 e. The van der Waals surface area contributed by atoms with Gasteiger partial charge in [-0.1, -0.05) is 12.1 Å². The molecule has 1 aromatic carbocycles. The molecule has 0 fully saturated rings. The second-order valence-corrected chi connectivity index (χ2v) is 6.76. The van der Waals surface area contributed by atoms with Gasteiger partial charge in [-0.15, -0.1) is 0 Å². The third-order valence-electron chi connectivity index (χ3n) is 4.60. The van der Waals surface area contributed by atoms with Gasteiger partial charge >= 0.3 is 0 Å². The molecule has 30 heavy (non-hydrogen) atoms. The number of aryl methyl sites for hydroxylation is 1. The molecule has 3 N–H and O–H groups in total. The third-order valence-corrected chi connectivity index (χ3v) is 4.60. The molecule has 1 unspecified atom stereocenters. The summed E-state index contributed by atoms with van der Waals surface area (Å²) in [5.41, 5.74) is 0.768. The van der Waals surface area contributed by atoms with E-state index >= 15 is 0 Å². The van der Waals surface area contributed by atoms with Crippen LogP contribution in [-0.2, 0) is 11.3 Å². The number of phenols is 1. The van der Waals surface area contributed by atoms with E-state index in [0.29, 0.717) is 11.3 Å². The van der Waals surface area contributed by atoms with Crippen LogP contribution in [-0.4, -0.2) is 28.2 Å². The van der Waals surface area contributed by atoms with E-state index in [1.54, 1.807) is 31.5 Å². The fraction of sp³-hybridized carbons (Fsp3) is 0.227. The Bertz CT molecular complexity index is 1090. The zero-order chi connectivity index (χ0) is 21.7. The number of methoxy groups -OCH3 is 1. The minimum absolute atomic E-state index is 0.0238. The van der Waals surface area contributed by atoms with Crippen molar-refractivity contribution in [3.05, 3.63) is 81.7 Å². The van der Waals surface area contributed by atoms with Crippen molar-refractivity contribution >= 4 is 5.91 Å². The van der Waals surface area contributed by atoms with E-state index in [1.165, 1.54) is 25.3 Å². The molecular formula is C22H22N2O6. The monoisotopic (exact) mass is 410 g/mol. The number of carbonyl (C=O) groups excluding carboxylic acids is 1. The molecule has 0 aliphatic heterocycles. The molecule has 0 saturated heterocycles. The summed E-state index contributed by atoms with van der Waals surface area (Å²) in [5.74, 6) is -1.25. The number of aromatic hydroxyl groups is 2. The van der Waals surface area contributed by atoms with E-state index in [-0.39, 0.29) is 36.1 Å². The van der Waals surface area contributed by atoms with Gasteiger partial charge in [-0.3, -0.25) is 14.6 Å². The normalized spacial score (nSPS) is 11.7. The fourth-order valence-corrected chi connectivity index (χ4v) is 3.10. The van der Waals surface area contributed by atoms with Crippen molar-refractivity contribution in [1.82, 2.24) is 10.3 Å². The van der Waals surface area contributed by atoms with Gasteiger partial charge in [0.05, 0.1) is 13.0 Å². The zero-order valence-electron chi connectivity index (χ0n) is 16.6. The van der Waals surface area contributed by atoms with Crippen LogP contribution in [0.15, 0.2) is 58.0 Å². The molecular weight excluding hydrogens is 388 g/mol. The van der Waals surface area contributed by atoms with E-state index in [2.05, 4.69) is 10.3 Å². The number of benzene rings is 1. The Morgan fingerprint density at radius 3 is 2.77 bits per heavy atom. The summed E-state index contributed by atoms with van der Waals surface area (Å²) >= 11 is 0. The predicted molar refractivity (Wildman–Crippen MR) is 109 cm³/mol. The molecule has 2 heterocycles. The van der Waals surface area contributed by atoms with Crippen LogP contribution in [0.4, 0.5) is 0 Å². The number of phenolic OH excluding ortho intramolecular Hbond substituents is 1. The van der Waals surface area contributed by atoms with Crippen molar-refractivity contribution in [2.45, 2.75) is 25.8 Å². The minimum atomic E-state index is -0.777. The van der Waals surface area contributed by atoms with Gasteiger partial charge in [-0.25, -0.2) is 0 Å². The number of ether oxygens (including phenoxy) is 1. The van der Waals surface area contributed by atoms with Crippen molar-refractivity contribution in [2.75, 3.05) is 7.11 Å². The van der Waals surface area contributed by atoms with Gasteiger partial charge in [-0.05, 0) is 36.2 Å². The Hall–Kier alpha value is -3.81. The first kappa shape index (κ1) is 20.9. The summed E-state index contributed by atoms with van der Waals surface area (Å²) in [6, 6.07) is 9.32. The highest BCUT2D eigenvalue weighted by Gasteiger charge is 2.26. The number of aromatic nitrogens is 1. The highest BCUT2D eigenvalue weighted by Crippen LogP contribution is 2.37. The largest absolute Gasteiger partial charge is 0.504 e. The first-order valence-electron chi connectivity index (χ1n) is 9.25. The maximum Gasteiger partial charge on any atom is 0.227 e. The number of hydrogen-bond acceptors (Lipinski definition) is 7. The predicted octanol–water partition coefficient (Wildman–Crippen LogP) is 2.60. The lowest BCUT2D eigenvalue weighted by molar-refractivity contribution is -0.121. The summed E-state index contributed by atoms with van der Waals surface area (Å²) in [4.78, 5) is 28.8. The molecule has 0 aliphatic carbocycles. The van der Waals surface area contributed by atoms with E-state index in [4.69, 9.17) is 9.15 Å². The van der Waals surface area contributed by atoms with Gasteiger partial charge in [0.15, 0.2) is 17.3 Å². The van der Waals surface area contributed by atoms with E-state index in [9.17, 15) is 19.8 Å². The van der Waals surface area contributed by atoms with Gasteiger partial charge in [-0.2, -0.15) is 0 Å². The standard InChI is InChI=1S/C22H22N2O6/c1-13-8-18(26)21(28)22(30-13)16(15-5-6-17(25)19(9-15)29-2)10-20(27)24-12-14-4-3-7-23-11-14/h3-9,11,16,25,28H,10,12H2,1-2H3,(H,24,27). The highest BCUT2D eigenvalue weighted by atomic mass is 16.5. The van der Waals surface area contributed by atoms with Crippen molar-refractivity contribution in [2.24, 2.45) is 0 Å². The molecule has 3 aromatic rings. The van der Waals surface area contributed by atoms with Crippen LogP contribution < -0.4 is 15.5 Å². The van der Waals surface area contributed by atoms with Crippen molar-refractivity contribution in [3.63, 3.8) is 0 Å². The first-order chi connectivity index (χ1) is 14.4. The van der Waals surface area contributed by atoms with E-state index in [1.807, 2.05) is 6.07 Å². The van der Waals surface area contributed by atoms with Crippen molar-refractivity contribution in [3.8, 4) is 17.2 Å². The summed E-state index contributed by atoms with van der Waals surface area (Å²) in [6.07, 6.45) is 3.18. The molecule has 0 bridgehead atoms. The minimum Gasteiger partial charge on any atom is -0.504 e. The molecule has 0 aliphatic rings. The Kier molecular flexibility index (Phi) is 6.36. The van der Waals surface area contributed by atoms with Crippen LogP contribution >= 0.6 is 0 Å². The quantitative estimate of drug-likeness (QED) is 0.547. The summed E-state index contributed by atoms with van der Waals surface area (Å²) in [6.45, 7) is 1.86. The van der Waals surface area contributed by atoms with Crippen LogP contribution in [0.5, 0.6) is 17.2 Å². The maximum absolute atomic E-state index is 12.7. The summed E-state index contributed by atoms with van der Waals surface area (Å²) in [5, 5.41) is 23.0. The van der Waals surface area contributed by atoms with E-state index < -0.39 is 17.1 Å². The fourth-order valence-electron chi connectivity index (χ4n) is 3.10. The lowest BCUT2D eigenvalue weighted by Gasteiger charge is -2.19. The van der Waals surface area contributed by atoms with Crippen molar-refractivity contribution in [1.29, 1.82) is 0 Å². The number of carbonyl (C=O) groups is 1. The topological polar surface area (TPSA) is 122 Å². The molecule has 8 heteroatoms. The zero-order valence-corrected chi connectivity index (χ0v) is 16.6. The van der Waals surface area contributed by atoms with Crippen LogP contribution in [0.2, 0.25) is 0 Å². The lowest BCUT2D eigenvalue weighted by Crippen LogP contribution is -2.25. The molecule has 0 radical (unpaired) electrons. The molecule has 2 aromatic heterocycles. The van der Waals surface area contributed by atoms with E-state index in [0.717, 1.165) is 5.56 Å². The maximum atomic E-state index is 12.7. The number of amides is 1. The molecule has 156 valence electrons. The van der Waals surface area contributed by atoms with Crippen LogP contribution in [0, 0.1) is 6.92 Å². The molecule has 0 spiro atoms. The second-order valence-electron chi connectivity index (χ2n) is 6.76. The average molecular weight is 410 g/mol. The number of pyridine rings is 1. The first-order valence-corrected chi connectivity index (χ1v) is 9.25. The second kappa shape index (κ2) is 9.13. The Balaban J connectivity index is 1.94. The molecule has 1 amide bonds. The SMILES string of the molecule is COc1cc(C(CC(=O)NCc2cccnc2)c2oc(C)cc(=O)c2O)ccc1O. The molecule has 1 atom stereocenters. The van der Waals surface area contributed by atoms with Gasteiger partial charge < -0.3 is 24.7 Å². The average Bonchev–Trinajstić information content (AvgIpc) is 2.74. The number of rotatable bonds is 7. The number of nitrogens with one attached hydrogen (secondary N) is 1. The molecule has 0 saturated carbocycles. The third kappa shape index (κ3) is 4.78. The highest BCUT2D eigenvalue weighted by molar-refractivity contribution is 5.77. The summed E-state index contributed by atoms with van der Waals surface area (Å²) < 4.78 is 10.8. The number of hydrogen-bond donors (Lipinski definition) is 3. The van der Waals surface area contributed by atoms with Gasteiger partial charge in [0.25, 0.3) is 0 Å². The lowest BCUT2D eigenvalue weighted by atomic mass is 9.91. The Labute approximate surface area is 172 Å². The number of nitrogens with zero attached hydrogens (tertiary/aromatic N) is 1. The van der Waals surface area contributed by atoms with Crippen molar-refractivity contribution < 1.29 is 24.2 Å². The van der Waals surface area contributed by atoms with Crippen LogP contribution in [0.3, 0.4) is 0 Å². The van der Waals surface area contributed by atoms with Gasteiger partial charge in [0.1, 0.15) is 5.76 Å². The molecule has 3 rings (SSSR count). The van der Waals surface area contributed by atoms with Gasteiger partial charge in [0, 0.05) is 31.4 Å². The van der Waals surface area contributed by atoms with Gasteiger partial charge in [0.2, 0.25) is 17.1 Å². The van der Waals surface area contributed by atoms with Crippen LogP contribution in [0.1, 0.15) is 35.0 Å². The van der Waals surface area contributed by atoms with Crippen LogP contribution in [0.25, 0.3) is 0 Å². The Morgan fingerprint density at radius 1 is 1.27 bits per heavy atom. The summed E-state index contributed by atoms with van der Waals surface area (Å²) in [7, 11) is 1.40. The molecule has 8 nitrogen and oxygen atoms in total.